The Bertz CT molecular complexity index is 891. The first-order valence-electron chi connectivity index (χ1n) is 11.0. The van der Waals surface area contributed by atoms with Crippen LogP contribution in [-0.4, -0.2) is 79.3 Å². The summed E-state index contributed by atoms with van der Waals surface area (Å²) in [4.78, 5) is 19.8. The zero-order valence-electron chi connectivity index (χ0n) is 18.7. The van der Waals surface area contributed by atoms with E-state index in [1.165, 1.54) is 0 Å². The quantitative estimate of drug-likeness (QED) is 0.671. The summed E-state index contributed by atoms with van der Waals surface area (Å²) < 4.78 is 16.1. The van der Waals surface area contributed by atoms with Crippen molar-refractivity contribution in [1.29, 1.82) is 0 Å². The fourth-order valence-corrected chi connectivity index (χ4v) is 4.59. The second-order valence-electron chi connectivity index (χ2n) is 8.33. The highest BCUT2D eigenvalue weighted by Gasteiger charge is 2.33. The molecule has 1 atom stereocenters. The fraction of sp³-hybridized carbons (Fsp3) is 0.565. The molecule has 31 heavy (non-hydrogen) atoms. The largest absolute Gasteiger partial charge is 0.497 e. The lowest BCUT2D eigenvalue weighted by molar-refractivity contribution is -0.133. The molecule has 0 aliphatic carbocycles. The van der Waals surface area contributed by atoms with E-state index in [9.17, 15) is 4.79 Å². The molecule has 1 aromatic heterocycles. The molecule has 2 saturated heterocycles. The molecule has 0 N–H and O–H groups in total. The number of aromatic nitrogens is 1. The molecule has 0 radical (unpaired) electrons. The maximum Gasteiger partial charge on any atom is 0.237 e. The van der Waals surface area contributed by atoms with Crippen molar-refractivity contribution in [3.05, 3.63) is 41.3 Å². The molecule has 8 nitrogen and oxygen atoms in total. The van der Waals surface area contributed by atoms with Crippen molar-refractivity contribution < 1.29 is 18.8 Å². The maximum atomic E-state index is 13.2. The normalized spacial score (nSPS) is 20.2. The molecule has 0 spiro atoms. The lowest BCUT2D eigenvalue weighted by Gasteiger charge is -2.35. The predicted molar refractivity (Wildman–Crippen MR) is 116 cm³/mol. The van der Waals surface area contributed by atoms with Crippen LogP contribution >= 0.6 is 0 Å². The Hall–Kier alpha value is -2.58. The first-order valence-corrected chi connectivity index (χ1v) is 11.0. The Morgan fingerprint density at radius 1 is 1.10 bits per heavy atom. The van der Waals surface area contributed by atoms with Crippen molar-refractivity contribution in [3.8, 4) is 11.5 Å². The van der Waals surface area contributed by atoms with Gasteiger partial charge in [-0.05, 0) is 31.9 Å². The van der Waals surface area contributed by atoms with Crippen LogP contribution in [0.1, 0.15) is 35.9 Å². The summed E-state index contributed by atoms with van der Waals surface area (Å²) in [5, 5.41) is 4.08. The van der Waals surface area contributed by atoms with E-state index in [1.54, 1.807) is 14.2 Å². The molecule has 4 rings (SSSR count). The molecule has 1 unspecified atom stereocenters. The highest BCUT2D eigenvalue weighted by molar-refractivity contribution is 5.79. The van der Waals surface area contributed by atoms with Crippen molar-refractivity contribution in [2.75, 3.05) is 53.5 Å². The van der Waals surface area contributed by atoms with Gasteiger partial charge in [0.2, 0.25) is 5.91 Å². The Labute approximate surface area is 183 Å². The molecule has 1 aromatic carbocycles. The second-order valence-corrected chi connectivity index (χ2v) is 8.33. The van der Waals surface area contributed by atoms with Crippen LogP contribution in [0.5, 0.6) is 11.5 Å². The number of likely N-dealkylation sites (tertiary alicyclic amines) is 1. The van der Waals surface area contributed by atoms with E-state index in [1.807, 2.05) is 36.1 Å². The smallest absolute Gasteiger partial charge is 0.237 e. The van der Waals surface area contributed by atoms with Crippen LogP contribution < -0.4 is 9.47 Å². The first-order chi connectivity index (χ1) is 15.1. The standard InChI is InChI=1S/C23H32N4O4/c1-17-13-18(24-31-17)15-25-9-11-26(12-10-25)16-23(28)27-8-4-5-21(27)20-7-6-19(29-2)14-22(20)30-3/h6-7,13-14,21H,4-5,8-12,15-16H2,1-3H3. The van der Waals surface area contributed by atoms with Gasteiger partial charge in [0.15, 0.2) is 0 Å². The Balaban J connectivity index is 1.33. The zero-order chi connectivity index (χ0) is 21.8. The van der Waals surface area contributed by atoms with Crippen molar-refractivity contribution in [3.63, 3.8) is 0 Å². The van der Waals surface area contributed by atoms with Crippen LogP contribution in [0.2, 0.25) is 0 Å². The third kappa shape index (κ3) is 5.02. The van der Waals surface area contributed by atoms with Crippen molar-refractivity contribution in [1.82, 2.24) is 19.9 Å². The van der Waals surface area contributed by atoms with Crippen molar-refractivity contribution >= 4 is 5.91 Å². The molecule has 8 heteroatoms. The minimum Gasteiger partial charge on any atom is -0.497 e. The molecular weight excluding hydrogens is 396 g/mol. The SMILES string of the molecule is COc1ccc(C2CCCN2C(=O)CN2CCN(Cc3cc(C)on3)CC2)c(OC)c1. The van der Waals surface area contributed by atoms with Crippen LogP contribution in [0.25, 0.3) is 0 Å². The van der Waals surface area contributed by atoms with Crippen LogP contribution in [-0.2, 0) is 11.3 Å². The zero-order valence-corrected chi connectivity index (χ0v) is 18.7. The molecule has 0 saturated carbocycles. The number of benzene rings is 1. The third-order valence-corrected chi connectivity index (χ3v) is 6.26. The van der Waals surface area contributed by atoms with E-state index >= 15 is 0 Å². The number of hydrogen-bond acceptors (Lipinski definition) is 7. The van der Waals surface area contributed by atoms with Crippen LogP contribution in [0, 0.1) is 6.92 Å². The van der Waals surface area contributed by atoms with Gasteiger partial charge in [0.05, 0.1) is 32.5 Å². The summed E-state index contributed by atoms with van der Waals surface area (Å²) in [6.07, 6.45) is 1.97. The van der Waals surface area contributed by atoms with Gasteiger partial charge >= 0.3 is 0 Å². The molecule has 0 bridgehead atoms. The molecular formula is C23H32N4O4. The van der Waals surface area contributed by atoms with E-state index in [0.29, 0.717) is 6.54 Å². The third-order valence-electron chi connectivity index (χ3n) is 6.26. The molecule has 168 valence electrons. The van der Waals surface area contributed by atoms with E-state index in [4.69, 9.17) is 14.0 Å². The number of rotatable bonds is 7. The fourth-order valence-electron chi connectivity index (χ4n) is 4.59. The minimum atomic E-state index is 0.0602. The Morgan fingerprint density at radius 2 is 1.87 bits per heavy atom. The molecule has 2 aliphatic rings. The summed E-state index contributed by atoms with van der Waals surface area (Å²) in [6, 6.07) is 7.90. The van der Waals surface area contributed by atoms with E-state index in [-0.39, 0.29) is 11.9 Å². The van der Waals surface area contributed by atoms with Crippen LogP contribution in [0.4, 0.5) is 0 Å². The van der Waals surface area contributed by atoms with Crippen molar-refractivity contribution in [2.45, 2.75) is 32.4 Å². The van der Waals surface area contributed by atoms with Crippen molar-refractivity contribution in [2.24, 2.45) is 0 Å². The average Bonchev–Trinajstić information content (AvgIpc) is 3.43. The topological polar surface area (TPSA) is 71.3 Å². The van der Waals surface area contributed by atoms with Gasteiger partial charge in [0.25, 0.3) is 0 Å². The number of aryl methyl sites for hydroxylation is 1. The summed E-state index contributed by atoms with van der Waals surface area (Å²) in [5.41, 5.74) is 2.03. The van der Waals surface area contributed by atoms with Gasteiger partial charge in [0.1, 0.15) is 17.3 Å². The van der Waals surface area contributed by atoms with E-state index in [2.05, 4.69) is 15.0 Å². The average molecular weight is 429 g/mol. The molecule has 1 amide bonds. The Kier molecular flexibility index (Phi) is 6.77. The maximum absolute atomic E-state index is 13.2. The van der Waals surface area contributed by atoms with Gasteiger partial charge in [0, 0.05) is 57.0 Å². The van der Waals surface area contributed by atoms with Gasteiger partial charge in [-0.3, -0.25) is 14.6 Å². The minimum absolute atomic E-state index is 0.0602. The number of carbonyl (C=O) groups is 1. The van der Waals surface area contributed by atoms with E-state index < -0.39 is 0 Å². The molecule has 2 fully saturated rings. The van der Waals surface area contributed by atoms with Gasteiger partial charge in [-0.2, -0.15) is 0 Å². The number of amides is 1. The second kappa shape index (κ2) is 9.70. The number of hydrogen-bond donors (Lipinski definition) is 0. The lowest BCUT2D eigenvalue weighted by atomic mass is 10.0. The van der Waals surface area contributed by atoms with Gasteiger partial charge < -0.3 is 18.9 Å². The van der Waals surface area contributed by atoms with Gasteiger partial charge in [-0.25, -0.2) is 0 Å². The summed E-state index contributed by atoms with van der Waals surface area (Å²) in [7, 11) is 3.31. The number of piperazine rings is 1. The first kappa shape index (κ1) is 21.6. The number of methoxy groups -OCH3 is 2. The van der Waals surface area contributed by atoms with Gasteiger partial charge in [-0.15, -0.1) is 0 Å². The van der Waals surface area contributed by atoms with Crippen LogP contribution in [0.15, 0.2) is 28.8 Å². The summed E-state index contributed by atoms with van der Waals surface area (Å²) in [5.74, 6) is 2.57. The summed E-state index contributed by atoms with van der Waals surface area (Å²) >= 11 is 0. The summed E-state index contributed by atoms with van der Waals surface area (Å²) in [6.45, 7) is 7.58. The molecule has 2 aromatic rings. The number of nitrogens with zero attached hydrogens (tertiary/aromatic N) is 4. The monoisotopic (exact) mass is 428 g/mol. The number of carbonyl (C=O) groups excluding carboxylic acids is 1. The molecule has 2 aliphatic heterocycles. The molecule has 3 heterocycles. The van der Waals surface area contributed by atoms with Crippen LogP contribution in [0.3, 0.4) is 0 Å². The van der Waals surface area contributed by atoms with Gasteiger partial charge in [-0.1, -0.05) is 5.16 Å². The lowest BCUT2D eigenvalue weighted by Crippen LogP contribution is -2.49. The highest BCUT2D eigenvalue weighted by Crippen LogP contribution is 2.38. The predicted octanol–water partition coefficient (Wildman–Crippen LogP) is 2.48. The van der Waals surface area contributed by atoms with E-state index in [0.717, 1.165) is 80.6 Å². The Morgan fingerprint density at radius 3 is 2.55 bits per heavy atom. The highest BCUT2D eigenvalue weighted by atomic mass is 16.5. The number of ether oxygens (including phenoxy) is 2.